The average molecular weight is 171 g/mol. The Bertz CT molecular complexity index is 152. The lowest BCUT2D eigenvalue weighted by molar-refractivity contribution is -0.122. The number of nitrogens with one attached hydrogen (secondary N) is 2. The minimum absolute atomic E-state index is 0.119. The van der Waals surface area contributed by atoms with Crippen LogP contribution in [0.25, 0.3) is 0 Å². The maximum absolute atomic E-state index is 11.2. The van der Waals surface area contributed by atoms with Crippen molar-refractivity contribution in [3.63, 3.8) is 0 Å². The summed E-state index contributed by atoms with van der Waals surface area (Å²) in [5.74, 6) is 0.119. The van der Waals surface area contributed by atoms with E-state index in [1.807, 2.05) is 19.0 Å². The van der Waals surface area contributed by atoms with Crippen LogP contribution in [0.1, 0.15) is 6.42 Å². The first-order valence-corrected chi connectivity index (χ1v) is 4.33. The van der Waals surface area contributed by atoms with E-state index in [1.165, 1.54) is 0 Å². The summed E-state index contributed by atoms with van der Waals surface area (Å²) in [5.41, 5.74) is 0. The van der Waals surface area contributed by atoms with Crippen LogP contribution in [0.5, 0.6) is 0 Å². The van der Waals surface area contributed by atoms with Crippen molar-refractivity contribution < 1.29 is 4.79 Å². The van der Waals surface area contributed by atoms with Crippen LogP contribution >= 0.6 is 0 Å². The van der Waals surface area contributed by atoms with E-state index in [0.29, 0.717) is 12.6 Å². The highest BCUT2D eigenvalue weighted by molar-refractivity contribution is 5.78. The van der Waals surface area contributed by atoms with Crippen LogP contribution in [0.4, 0.5) is 0 Å². The third-order valence-electron chi connectivity index (χ3n) is 1.89. The lowest BCUT2D eigenvalue weighted by atomic mass is 10.2. The van der Waals surface area contributed by atoms with E-state index in [2.05, 4.69) is 10.6 Å². The van der Waals surface area contributed by atoms with Gasteiger partial charge < -0.3 is 15.5 Å². The molecule has 12 heavy (non-hydrogen) atoms. The molecule has 1 heterocycles. The number of rotatable bonds is 3. The monoisotopic (exact) mass is 171 g/mol. The largest absolute Gasteiger partial charge is 0.351 e. The first-order valence-electron chi connectivity index (χ1n) is 4.33. The first-order chi connectivity index (χ1) is 5.68. The molecule has 4 nitrogen and oxygen atoms in total. The van der Waals surface area contributed by atoms with Crippen molar-refractivity contribution in [3.8, 4) is 0 Å². The molecule has 1 rings (SSSR count). The third kappa shape index (κ3) is 3.19. The molecule has 2 N–H and O–H groups in total. The van der Waals surface area contributed by atoms with Crippen LogP contribution in [0, 0.1) is 0 Å². The van der Waals surface area contributed by atoms with Gasteiger partial charge in [-0.1, -0.05) is 0 Å². The highest BCUT2D eigenvalue weighted by atomic mass is 16.2. The number of carbonyl (C=O) groups excluding carboxylic acids is 1. The molecule has 1 atom stereocenters. The van der Waals surface area contributed by atoms with Crippen molar-refractivity contribution in [2.75, 3.05) is 33.7 Å². The lowest BCUT2D eigenvalue weighted by Crippen LogP contribution is -2.41. The van der Waals surface area contributed by atoms with Crippen molar-refractivity contribution in [1.29, 1.82) is 0 Å². The number of likely N-dealkylation sites (N-methyl/N-ethyl adjacent to an activating group) is 1. The molecule has 0 aromatic rings. The van der Waals surface area contributed by atoms with Crippen molar-refractivity contribution >= 4 is 5.91 Å². The lowest BCUT2D eigenvalue weighted by Gasteiger charge is -2.13. The Morgan fingerprint density at radius 3 is 2.92 bits per heavy atom. The molecule has 0 spiro atoms. The molecule has 1 aliphatic rings. The number of carbonyl (C=O) groups is 1. The van der Waals surface area contributed by atoms with E-state index >= 15 is 0 Å². The zero-order valence-corrected chi connectivity index (χ0v) is 7.76. The van der Waals surface area contributed by atoms with E-state index in [1.54, 1.807) is 0 Å². The maximum Gasteiger partial charge on any atom is 0.234 e. The van der Waals surface area contributed by atoms with Gasteiger partial charge in [-0.05, 0) is 27.1 Å². The minimum Gasteiger partial charge on any atom is -0.351 e. The van der Waals surface area contributed by atoms with Gasteiger partial charge in [0, 0.05) is 12.6 Å². The van der Waals surface area contributed by atoms with E-state index in [4.69, 9.17) is 0 Å². The van der Waals surface area contributed by atoms with E-state index < -0.39 is 0 Å². The van der Waals surface area contributed by atoms with E-state index in [-0.39, 0.29) is 5.91 Å². The topological polar surface area (TPSA) is 44.4 Å². The molecule has 1 amide bonds. The van der Waals surface area contributed by atoms with Gasteiger partial charge in [0.25, 0.3) is 0 Å². The van der Waals surface area contributed by atoms with Gasteiger partial charge in [0.05, 0.1) is 6.54 Å². The zero-order chi connectivity index (χ0) is 8.97. The van der Waals surface area contributed by atoms with Crippen LogP contribution in [0.2, 0.25) is 0 Å². The fourth-order valence-electron chi connectivity index (χ4n) is 1.34. The summed E-state index contributed by atoms with van der Waals surface area (Å²) in [5, 5.41) is 6.17. The van der Waals surface area contributed by atoms with Gasteiger partial charge in [-0.2, -0.15) is 0 Å². The van der Waals surface area contributed by atoms with Crippen LogP contribution in [0.15, 0.2) is 0 Å². The van der Waals surface area contributed by atoms with Crippen molar-refractivity contribution in [1.82, 2.24) is 15.5 Å². The normalized spacial score (nSPS) is 23.1. The second-order valence-corrected chi connectivity index (χ2v) is 3.50. The number of hydrogen-bond donors (Lipinski definition) is 2. The quantitative estimate of drug-likeness (QED) is 0.574. The Balaban J connectivity index is 2.16. The van der Waals surface area contributed by atoms with Gasteiger partial charge in [-0.25, -0.2) is 0 Å². The second-order valence-electron chi connectivity index (χ2n) is 3.50. The molecule has 1 saturated heterocycles. The molecule has 0 aromatic heterocycles. The van der Waals surface area contributed by atoms with Gasteiger partial charge in [-0.3, -0.25) is 4.79 Å². The van der Waals surface area contributed by atoms with E-state index in [0.717, 1.165) is 19.5 Å². The van der Waals surface area contributed by atoms with Gasteiger partial charge in [0.15, 0.2) is 0 Å². The minimum atomic E-state index is 0.119. The number of nitrogens with zero attached hydrogens (tertiary/aromatic N) is 1. The fourth-order valence-corrected chi connectivity index (χ4v) is 1.34. The molecule has 70 valence electrons. The molecule has 1 fully saturated rings. The summed E-state index contributed by atoms with van der Waals surface area (Å²) in [6.07, 6.45) is 1.05. The second kappa shape index (κ2) is 4.42. The van der Waals surface area contributed by atoms with E-state index in [9.17, 15) is 4.79 Å². The van der Waals surface area contributed by atoms with Crippen molar-refractivity contribution in [2.24, 2.45) is 0 Å². The summed E-state index contributed by atoms with van der Waals surface area (Å²) in [7, 11) is 3.79. The molecule has 0 saturated carbocycles. The maximum atomic E-state index is 11.2. The molecule has 1 unspecified atom stereocenters. The van der Waals surface area contributed by atoms with Gasteiger partial charge in [0.1, 0.15) is 0 Å². The first kappa shape index (κ1) is 9.48. The van der Waals surface area contributed by atoms with Crippen LogP contribution in [-0.4, -0.2) is 50.6 Å². The molecular weight excluding hydrogens is 154 g/mol. The zero-order valence-electron chi connectivity index (χ0n) is 7.76. The molecule has 1 aliphatic heterocycles. The summed E-state index contributed by atoms with van der Waals surface area (Å²) in [6.45, 7) is 2.42. The molecule has 0 aromatic carbocycles. The molecule has 0 aliphatic carbocycles. The van der Waals surface area contributed by atoms with Crippen LogP contribution < -0.4 is 10.6 Å². The highest BCUT2D eigenvalue weighted by Crippen LogP contribution is 1.96. The van der Waals surface area contributed by atoms with Gasteiger partial charge in [0.2, 0.25) is 5.91 Å². The highest BCUT2D eigenvalue weighted by Gasteiger charge is 2.16. The molecule has 4 heteroatoms. The summed E-state index contributed by atoms with van der Waals surface area (Å²) in [4.78, 5) is 13.1. The number of hydrogen-bond acceptors (Lipinski definition) is 3. The molecule has 0 radical (unpaired) electrons. The van der Waals surface area contributed by atoms with Gasteiger partial charge >= 0.3 is 0 Å². The third-order valence-corrected chi connectivity index (χ3v) is 1.89. The molecular formula is C8H17N3O. The Morgan fingerprint density at radius 2 is 2.42 bits per heavy atom. The van der Waals surface area contributed by atoms with Crippen LogP contribution in [0.3, 0.4) is 0 Å². The Labute approximate surface area is 73.3 Å². The summed E-state index contributed by atoms with van der Waals surface area (Å²) >= 11 is 0. The fraction of sp³-hybridized carbons (Fsp3) is 0.875. The standard InChI is InChI=1S/C8H17N3O/c1-11(2)6-8(12)10-7-3-4-9-5-7/h7,9H,3-6H2,1-2H3,(H,10,12). The van der Waals surface area contributed by atoms with Crippen molar-refractivity contribution in [3.05, 3.63) is 0 Å². The Morgan fingerprint density at radius 1 is 1.67 bits per heavy atom. The SMILES string of the molecule is CN(C)CC(=O)NC1CCNC1. The van der Waals surface area contributed by atoms with Gasteiger partial charge in [-0.15, -0.1) is 0 Å². The predicted octanol–water partition coefficient (Wildman–Crippen LogP) is -0.974. The average Bonchev–Trinajstić information content (AvgIpc) is 2.37. The Hall–Kier alpha value is -0.610. The van der Waals surface area contributed by atoms with Crippen molar-refractivity contribution in [2.45, 2.75) is 12.5 Å². The summed E-state index contributed by atoms with van der Waals surface area (Å²) in [6, 6.07) is 0.345. The smallest absolute Gasteiger partial charge is 0.234 e. The summed E-state index contributed by atoms with van der Waals surface area (Å²) < 4.78 is 0. The van der Waals surface area contributed by atoms with Crippen LogP contribution in [-0.2, 0) is 4.79 Å². The molecule has 0 bridgehead atoms. The Kier molecular flexibility index (Phi) is 3.49. The number of amides is 1. The predicted molar refractivity (Wildman–Crippen MR) is 48.0 cm³/mol.